The molecular formula is C9H8F3NO3. The van der Waals surface area contributed by atoms with Crippen molar-refractivity contribution < 1.29 is 33.1 Å². The number of carboxylic acids is 1. The minimum absolute atomic E-state index is 0.292. The molecule has 0 radical (unpaired) electrons. The van der Waals surface area contributed by atoms with Crippen LogP contribution in [0, 0.1) is 0 Å². The van der Waals surface area contributed by atoms with E-state index in [-0.39, 0.29) is 12.3 Å². The number of benzene rings is 1. The van der Waals surface area contributed by atoms with Gasteiger partial charge in [-0.2, -0.15) is 0 Å². The van der Waals surface area contributed by atoms with Crippen LogP contribution in [-0.4, -0.2) is 18.9 Å². The van der Waals surface area contributed by atoms with Crippen LogP contribution < -0.4 is 15.2 Å². The largest absolute Gasteiger partial charge is 0.573 e. The van der Waals surface area contributed by atoms with E-state index >= 15 is 0 Å². The van der Waals surface area contributed by atoms with E-state index in [4.69, 9.17) is 0 Å². The van der Waals surface area contributed by atoms with Crippen molar-refractivity contribution in [1.29, 1.82) is 0 Å². The Kier molecular flexibility index (Phi) is 3.73. The number of rotatable bonds is 4. The Morgan fingerprint density at radius 1 is 1.31 bits per heavy atom. The molecule has 0 spiro atoms. The third kappa shape index (κ3) is 4.65. The van der Waals surface area contributed by atoms with E-state index < -0.39 is 12.3 Å². The lowest BCUT2D eigenvalue weighted by molar-refractivity contribution is -0.569. The highest BCUT2D eigenvalue weighted by Gasteiger charge is 2.30. The molecule has 1 aromatic carbocycles. The van der Waals surface area contributed by atoms with Crippen LogP contribution in [0.15, 0.2) is 24.3 Å². The Labute approximate surface area is 88.6 Å². The van der Waals surface area contributed by atoms with Gasteiger partial charge in [0, 0.05) is 12.1 Å². The highest BCUT2D eigenvalue weighted by molar-refractivity contribution is 5.65. The van der Waals surface area contributed by atoms with Crippen LogP contribution in [-0.2, 0) is 4.79 Å². The second-order valence-electron chi connectivity index (χ2n) is 2.90. The number of ether oxygens (including phenoxy) is 1. The molecule has 1 rings (SSSR count). The number of quaternary nitrogens is 1. The van der Waals surface area contributed by atoms with Crippen LogP contribution >= 0.6 is 0 Å². The summed E-state index contributed by atoms with van der Waals surface area (Å²) in [7, 11) is 0. The summed E-state index contributed by atoms with van der Waals surface area (Å²) in [5, 5.41) is 11.4. The molecule has 0 aliphatic heterocycles. The Bertz CT molecular complexity index is 361. The second-order valence-corrected chi connectivity index (χ2v) is 2.90. The van der Waals surface area contributed by atoms with Gasteiger partial charge in [-0.15, -0.1) is 13.2 Å². The Morgan fingerprint density at radius 2 is 1.88 bits per heavy atom. The monoisotopic (exact) mass is 235 g/mol. The highest BCUT2D eigenvalue weighted by Crippen LogP contribution is 2.22. The summed E-state index contributed by atoms with van der Waals surface area (Å²) >= 11 is 0. The van der Waals surface area contributed by atoms with E-state index in [2.05, 4.69) is 4.74 Å². The zero-order valence-corrected chi connectivity index (χ0v) is 7.95. The third-order valence-electron chi connectivity index (χ3n) is 1.62. The SMILES string of the molecule is O=C([O-])C[NH2+]c1ccc(OC(F)(F)F)cc1. The van der Waals surface area contributed by atoms with Crippen LogP contribution in [0.1, 0.15) is 0 Å². The van der Waals surface area contributed by atoms with Crippen LogP contribution in [0.4, 0.5) is 18.9 Å². The smallest absolute Gasteiger partial charge is 0.544 e. The normalized spacial score (nSPS) is 11.2. The maximum atomic E-state index is 11.8. The average Bonchev–Trinajstić information content (AvgIpc) is 2.14. The Hall–Kier alpha value is -1.76. The van der Waals surface area contributed by atoms with E-state index in [0.717, 1.165) is 12.1 Å². The number of carbonyl (C=O) groups excluding carboxylic acids is 1. The fraction of sp³-hybridized carbons (Fsp3) is 0.222. The van der Waals surface area contributed by atoms with Crippen molar-refractivity contribution in [2.24, 2.45) is 0 Å². The third-order valence-corrected chi connectivity index (χ3v) is 1.62. The second kappa shape index (κ2) is 4.84. The summed E-state index contributed by atoms with van der Waals surface area (Å²) in [6, 6.07) is 4.86. The molecule has 1 aromatic rings. The number of hydrogen-bond acceptors (Lipinski definition) is 3. The first-order valence-corrected chi connectivity index (χ1v) is 4.26. The Balaban J connectivity index is 2.57. The predicted octanol–water partition coefficient (Wildman–Crippen LogP) is -0.470. The van der Waals surface area contributed by atoms with Crippen molar-refractivity contribution in [2.45, 2.75) is 6.36 Å². The number of hydrogen-bond donors (Lipinski definition) is 1. The maximum Gasteiger partial charge on any atom is 0.573 e. The molecule has 0 saturated heterocycles. The van der Waals surface area contributed by atoms with Crippen molar-refractivity contribution in [3.8, 4) is 5.75 Å². The molecule has 16 heavy (non-hydrogen) atoms. The minimum Gasteiger partial charge on any atom is -0.544 e. The summed E-state index contributed by atoms with van der Waals surface area (Å²) in [6.45, 7) is -0.292. The molecule has 0 aromatic heterocycles. The van der Waals surface area contributed by atoms with Gasteiger partial charge in [0.05, 0.1) is 5.97 Å². The molecule has 0 amide bonds. The molecule has 0 heterocycles. The molecule has 0 bridgehead atoms. The van der Waals surface area contributed by atoms with Gasteiger partial charge in [-0.25, -0.2) is 0 Å². The van der Waals surface area contributed by atoms with Crippen molar-refractivity contribution >= 4 is 11.7 Å². The zero-order chi connectivity index (χ0) is 12.2. The number of carboxylic acid groups (broad SMARTS) is 1. The van der Waals surface area contributed by atoms with Gasteiger partial charge in [-0.1, -0.05) is 0 Å². The summed E-state index contributed by atoms with van der Waals surface area (Å²) < 4.78 is 39.0. The topological polar surface area (TPSA) is 66.0 Å². The van der Waals surface area contributed by atoms with Crippen molar-refractivity contribution in [1.82, 2.24) is 0 Å². The van der Waals surface area contributed by atoms with Gasteiger partial charge in [-0.3, -0.25) is 0 Å². The highest BCUT2D eigenvalue weighted by atomic mass is 19.4. The van der Waals surface area contributed by atoms with Crippen LogP contribution in [0.5, 0.6) is 5.75 Å². The number of alkyl halides is 3. The first-order chi connectivity index (χ1) is 7.37. The van der Waals surface area contributed by atoms with E-state index in [0.29, 0.717) is 5.69 Å². The number of halogens is 3. The van der Waals surface area contributed by atoms with E-state index in [9.17, 15) is 23.1 Å². The van der Waals surface area contributed by atoms with Gasteiger partial charge < -0.3 is 20.0 Å². The fourth-order valence-corrected chi connectivity index (χ4v) is 1.01. The predicted molar refractivity (Wildman–Crippen MR) is 44.6 cm³/mol. The van der Waals surface area contributed by atoms with Crippen molar-refractivity contribution in [2.75, 3.05) is 6.54 Å². The minimum atomic E-state index is -4.73. The first-order valence-electron chi connectivity index (χ1n) is 4.26. The summed E-state index contributed by atoms with van der Waals surface area (Å²) in [5.74, 6) is -1.60. The number of aliphatic carboxylic acids is 1. The molecular weight excluding hydrogens is 227 g/mol. The van der Waals surface area contributed by atoms with E-state index in [1.165, 1.54) is 17.4 Å². The molecule has 0 fully saturated rings. The summed E-state index contributed by atoms with van der Waals surface area (Å²) in [4.78, 5) is 10.1. The van der Waals surface area contributed by atoms with Crippen molar-refractivity contribution in [3.63, 3.8) is 0 Å². The molecule has 88 valence electrons. The molecule has 2 N–H and O–H groups in total. The number of carbonyl (C=O) groups is 1. The molecule has 4 nitrogen and oxygen atoms in total. The first kappa shape index (κ1) is 12.3. The molecule has 0 saturated carbocycles. The standard InChI is InChI=1S/C9H8F3NO3/c10-9(11,12)16-7-3-1-6(2-4-7)13-5-8(14)15/h1-4,13H,5H2,(H,14,15). The summed E-state index contributed by atoms with van der Waals surface area (Å²) in [6.07, 6.45) is -4.73. The summed E-state index contributed by atoms with van der Waals surface area (Å²) in [5.41, 5.74) is 0.485. The molecule has 7 heteroatoms. The van der Waals surface area contributed by atoms with Gasteiger partial charge in [0.2, 0.25) is 0 Å². The van der Waals surface area contributed by atoms with E-state index in [1.807, 2.05) is 0 Å². The molecule has 0 aliphatic rings. The molecule has 0 atom stereocenters. The lowest BCUT2D eigenvalue weighted by Gasteiger charge is -2.08. The quantitative estimate of drug-likeness (QED) is 0.717. The Morgan fingerprint density at radius 3 is 2.31 bits per heavy atom. The fourth-order valence-electron chi connectivity index (χ4n) is 1.01. The maximum absolute atomic E-state index is 11.8. The van der Waals surface area contributed by atoms with Crippen molar-refractivity contribution in [3.05, 3.63) is 24.3 Å². The van der Waals surface area contributed by atoms with Gasteiger partial charge in [0.25, 0.3) is 0 Å². The van der Waals surface area contributed by atoms with Crippen LogP contribution in [0.25, 0.3) is 0 Å². The van der Waals surface area contributed by atoms with Gasteiger partial charge in [-0.05, 0) is 12.1 Å². The van der Waals surface area contributed by atoms with E-state index in [1.54, 1.807) is 0 Å². The van der Waals surface area contributed by atoms with Gasteiger partial charge in [0.1, 0.15) is 18.0 Å². The van der Waals surface area contributed by atoms with Crippen LogP contribution in [0.2, 0.25) is 0 Å². The molecule has 0 unspecified atom stereocenters. The van der Waals surface area contributed by atoms with Gasteiger partial charge >= 0.3 is 6.36 Å². The number of nitrogens with two attached hydrogens (primary N) is 1. The van der Waals surface area contributed by atoms with Gasteiger partial charge in [0.15, 0.2) is 0 Å². The average molecular weight is 235 g/mol. The molecule has 0 aliphatic carbocycles. The lowest BCUT2D eigenvalue weighted by atomic mass is 10.3. The van der Waals surface area contributed by atoms with Crippen LogP contribution in [0.3, 0.4) is 0 Å². The lowest BCUT2D eigenvalue weighted by Crippen LogP contribution is -2.81. The zero-order valence-electron chi connectivity index (χ0n) is 7.95.